The second kappa shape index (κ2) is 9.57. The van der Waals surface area contributed by atoms with E-state index in [1.807, 2.05) is 0 Å². The van der Waals surface area contributed by atoms with Gasteiger partial charge in [-0.05, 0) is 42.0 Å². The third-order valence-electron chi connectivity index (χ3n) is 4.49. The van der Waals surface area contributed by atoms with Crippen molar-refractivity contribution in [2.45, 2.75) is 0 Å². The number of rotatable bonds is 6. The summed E-state index contributed by atoms with van der Waals surface area (Å²) in [7, 11) is 1.48. The summed E-state index contributed by atoms with van der Waals surface area (Å²) in [6, 6.07) is 14.7. The number of hydrogen-bond donors (Lipinski definition) is 0. The second-order valence-electron chi connectivity index (χ2n) is 6.62. The van der Waals surface area contributed by atoms with Crippen molar-refractivity contribution in [3.63, 3.8) is 0 Å². The maximum atomic E-state index is 13.0. The lowest BCUT2D eigenvalue weighted by Crippen LogP contribution is -2.27. The van der Waals surface area contributed by atoms with Gasteiger partial charge in [0, 0.05) is 17.2 Å². The number of carbonyl (C=O) groups excluding carboxylic acids is 1. The minimum Gasteiger partial charge on any atom is -0.493 e. The molecule has 0 saturated carbocycles. The van der Waals surface area contributed by atoms with Gasteiger partial charge in [0.05, 0.1) is 22.6 Å². The number of ether oxygens (including phenoxy) is 2. The summed E-state index contributed by atoms with van der Waals surface area (Å²) in [4.78, 5) is 29.0. The predicted molar refractivity (Wildman–Crippen MR) is 131 cm³/mol. The Kier molecular flexibility index (Phi) is 6.59. The average Bonchev–Trinajstić information content (AvgIpc) is 3.07. The number of halogens is 1. The molecule has 1 aromatic heterocycles. The minimum absolute atomic E-state index is 0.139. The number of anilines is 1. The summed E-state index contributed by atoms with van der Waals surface area (Å²) in [5.41, 5.74) is 1.16. The first kappa shape index (κ1) is 22.7. The normalized spacial score (nSPS) is 14.6. The molecule has 0 spiro atoms. The molecule has 1 amide bonds. The highest BCUT2D eigenvalue weighted by Gasteiger charge is 2.33. The second-order valence-corrected chi connectivity index (χ2v) is 8.73. The molecule has 11 heteroatoms. The van der Waals surface area contributed by atoms with Crippen LogP contribution in [-0.4, -0.2) is 27.2 Å². The van der Waals surface area contributed by atoms with Crippen molar-refractivity contribution in [2.75, 3.05) is 12.0 Å². The van der Waals surface area contributed by atoms with E-state index >= 15 is 0 Å². The molecule has 1 aliphatic rings. The minimum atomic E-state index is -0.540. The maximum absolute atomic E-state index is 13.0. The van der Waals surface area contributed by atoms with E-state index in [-0.39, 0.29) is 17.5 Å². The van der Waals surface area contributed by atoms with Gasteiger partial charge in [0.1, 0.15) is 6.20 Å². The number of carbonyl (C=O) groups is 1. The molecule has 1 saturated heterocycles. The monoisotopic (exact) mass is 499 g/mol. The molecule has 2 heterocycles. The zero-order valence-corrected chi connectivity index (χ0v) is 19.3. The van der Waals surface area contributed by atoms with Gasteiger partial charge >= 0.3 is 0 Å². The molecule has 1 fully saturated rings. The van der Waals surface area contributed by atoms with Gasteiger partial charge < -0.3 is 9.47 Å². The largest absolute Gasteiger partial charge is 0.493 e. The van der Waals surface area contributed by atoms with Crippen molar-refractivity contribution < 1.29 is 19.2 Å². The summed E-state index contributed by atoms with van der Waals surface area (Å²) < 4.78 is 11.5. The highest BCUT2D eigenvalue weighted by Crippen LogP contribution is 2.38. The highest BCUT2D eigenvalue weighted by atomic mass is 35.5. The lowest BCUT2D eigenvalue weighted by atomic mass is 10.2. The number of amides is 1. The number of nitrogens with zero attached hydrogens (tertiary/aromatic N) is 3. The SMILES string of the molecule is COc1cc(/C=C2\SC(=S)N(c3cccc(Cl)c3)C2=O)ccc1Oc1ccc([N+](=O)[O-])cn1. The van der Waals surface area contributed by atoms with Crippen LogP contribution in [0.25, 0.3) is 6.08 Å². The van der Waals surface area contributed by atoms with Crippen molar-refractivity contribution in [3.8, 4) is 17.4 Å². The third-order valence-corrected chi connectivity index (χ3v) is 6.03. The Morgan fingerprint density at radius 1 is 1.18 bits per heavy atom. The molecule has 8 nitrogen and oxygen atoms in total. The number of benzene rings is 2. The highest BCUT2D eigenvalue weighted by molar-refractivity contribution is 8.27. The molecule has 2 aromatic carbocycles. The van der Waals surface area contributed by atoms with E-state index < -0.39 is 4.92 Å². The number of methoxy groups -OCH3 is 1. The summed E-state index contributed by atoms with van der Waals surface area (Å²) in [5, 5.41) is 11.3. The fourth-order valence-corrected chi connectivity index (χ4v) is 4.45. The van der Waals surface area contributed by atoms with E-state index in [9.17, 15) is 14.9 Å². The third kappa shape index (κ3) is 4.98. The first-order valence-electron chi connectivity index (χ1n) is 9.35. The fourth-order valence-electron chi connectivity index (χ4n) is 2.97. The Labute approximate surface area is 202 Å². The molecule has 0 aliphatic carbocycles. The van der Waals surface area contributed by atoms with Crippen LogP contribution in [0, 0.1) is 10.1 Å². The van der Waals surface area contributed by atoms with Crippen LogP contribution in [0.2, 0.25) is 5.02 Å². The molecule has 0 radical (unpaired) electrons. The number of thioether (sulfide) groups is 1. The van der Waals surface area contributed by atoms with Crippen LogP contribution in [0.1, 0.15) is 5.56 Å². The van der Waals surface area contributed by atoms with Crippen LogP contribution in [0.3, 0.4) is 0 Å². The van der Waals surface area contributed by atoms with Gasteiger partial charge in [-0.2, -0.15) is 0 Å². The maximum Gasteiger partial charge on any atom is 0.287 e. The molecular formula is C22H14ClN3O5S2. The van der Waals surface area contributed by atoms with Crippen molar-refractivity contribution in [3.05, 3.63) is 86.4 Å². The standard InChI is InChI=1S/C22H14ClN3O5S2/c1-30-18-9-13(5-7-17(18)31-20-8-6-16(12-24-20)26(28)29)10-19-21(27)25(22(32)33-19)15-4-2-3-14(23)11-15/h2-12H,1H3/b19-10-. The smallest absolute Gasteiger partial charge is 0.287 e. The Bertz CT molecular complexity index is 1300. The Morgan fingerprint density at radius 3 is 2.67 bits per heavy atom. The number of thiocarbonyl (C=S) groups is 1. The first-order valence-corrected chi connectivity index (χ1v) is 11.0. The van der Waals surface area contributed by atoms with E-state index in [0.717, 1.165) is 6.20 Å². The molecule has 0 unspecified atom stereocenters. The number of nitro groups is 1. The van der Waals surface area contributed by atoms with E-state index in [2.05, 4.69) is 4.98 Å². The molecule has 0 bridgehead atoms. The van der Waals surface area contributed by atoms with Crippen LogP contribution in [0.5, 0.6) is 17.4 Å². The van der Waals surface area contributed by atoms with E-state index in [1.54, 1.807) is 48.5 Å². The van der Waals surface area contributed by atoms with Crippen LogP contribution >= 0.6 is 35.6 Å². The zero-order valence-electron chi connectivity index (χ0n) is 16.9. The van der Waals surface area contributed by atoms with Gasteiger partial charge in [0.2, 0.25) is 5.88 Å². The van der Waals surface area contributed by atoms with Crippen LogP contribution < -0.4 is 14.4 Å². The lowest BCUT2D eigenvalue weighted by molar-refractivity contribution is -0.385. The van der Waals surface area contributed by atoms with Crippen LogP contribution in [-0.2, 0) is 4.79 Å². The van der Waals surface area contributed by atoms with Crippen molar-refractivity contribution in [2.24, 2.45) is 0 Å². The van der Waals surface area contributed by atoms with Crippen molar-refractivity contribution >= 4 is 63.3 Å². The van der Waals surface area contributed by atoms with Gasteiger partial charge in [-0.1, -0.05) is 47.7 Å². The number of pyridine rings is 1. The van der Waals surface area contributed by atoms with Crippen LogP contribution in [0.15, 0.2) is 65.7 Å². The Morgan fingerprint density at radius 2 is 2.00 bits per heavy atom. The molecule has 0 atom stereocenters. The average molecular weight is 500 g/mol. The van der Waals surface area contributed by atoms with Gasteiger partial charge in [-0.25, -0.2) is 4.98 Å². The molecule has 33 heavy (non-hydrogen) atoms. The van der Waals surface area contributed by atoms with Gasteiger partial charge in [0.25, 0.3) is 11.6 Å². The van der Waals surface area contributed by atoms with Crippen molar-refractivity contribution in [1.82, 2.24) is 4.98 Å². The molecule has 4 rings (SSSR count). The fraction of sp³-hybridized carbons (Fsp3) is 0.0455. The number of hydrogen-bond acceptors (Lipinski definition) is 8. The number of aromatic nitrogens is 1. The van der Waals surface area contributed by atoms with Crippen LogP contribution in [0.4, 0.5) is 11.4 Å². The molecule has 166 valence electrons. The Balaban J connectivity index is 1.57. The van der Waals surface area contributed by atoms with E-state index in [1.165, 1.54) is 35.9 Å². The Hall–Kier alpha value is -3.47. The molecular weight excluding hydrogens is 486 g/mol. The lowest BCUT2D eigenvalue weighted by Gasteiger charge is -2.14. The summed E-state index contributed by atoms with van der Waals surface area (Å²) in [5.74, 6) is 0.687. The first-order chi connectivity index (χ1) is 15.9. The molecule has 3 aromatic rings. The zero-order chi connectivity index (χ0) is 23.5. The summed E-state index contributed by atoms with van der Waals surface area (Å²) in [6.07, 6.45) is 2.82. The molecule has 1 aliphatic heterocycles. The van der Waals surface area contributed by atoms with Crippen molar-refractivity contribution in [1.29, 1.82) is 0 Å². The van der Waals surface area contributed by atoms with Gasteiger partial charge in [0.15, 0.2) is 15.8 Å². The van der Waals surface area contributed by atoms with E-state index in [4.69, 9.17) is 33.3 Å². The topological polar surface area (TPSA) is 94.8 Å². The van der Waals surface area contributed by atoms with Gasteiger partial charge in [-0.15, -0.1) is 0 Å². The predicted octanol–water partition coefficient (Wildman–Crippen LogP) is 5.85. The molecule has 0 N–H and O–H groups in total. The summed E-state index contributed by atoms with van der Waals surface area (Å²) in [6.45, 7) is 0. The van der Waals surface area contributed by atoms with Gasteiger partial charge in [-0.3, -0.25) is 19.8 Å². The quantitative estimate of drug-likeness (QED) is 0.180. The van der Waals surface area contributed by atoms with E-state index in [0.29, 0.717) is 37.0 Å². The summed E-state index contributed by atoms with van der Waals surface area (Å²) >= 11 is 12.6.